The van der Waals surface area contributed by atoms with Gasteiger partial charge in [-0.25, -0.2) is 0 Å². The van der Waals surface area contributed by atoms with Crippen LogP contribution in [0.5, 0.6) is 0 Å². The molecule has 1 heterocycles. The number of hydrogen-bond acceptors (Lipinski definition) is 3. The molecule has 0 aromatic rings. The summed E-state index contributed by atoms with van der Waals surface area (Å²) in [5.74, 6) is 0. The zero-order valence-electron chi connectivity index (χ0n) is 4.79. The standard InChI is InChI=1S/C5H8BrN3/c6-5(8)2-1-4(7)9-3-5/h1-4H,7-8H2. The van der Waals surface area contributed by atoms with Crippen LogP contribution in [0, 0.1) is 0 Å². The Kier molecular flexibility index (Phi) is 1.70. The summed E-state index contributed by atoms with van der Waals surface area (Å²) in [5.41, 5.74) is 11.0. The molecule has 50 valence electrons. The zero-order chi connectivity index (χ0) is 6.91. The number of nitrogens with two attached hydrogens (primary N) is 2. The summed E-state index contributed by atoms with van der Waals surface area (Å²) in [6.07, 6.45) is 4.87. The zero-order valence-corrected chi connectivity index (χ0v) is 6.38. The van der Waals surface area contributed by atoms with Crippen LogP contribution in [0.1, 0.15) is 0 Å². The fourth-order valence-corrected chi connectivity index (χ4v) is 0.810. The molecule has 0 aromatic carbocycles. The van der Waals surface area contributed by atoms with E-state index in [0.29, 0.717) is 0 Å². The average molecular weight is 190 g/mol. The topological polar surface area (TPSA) is 64.4 Å². The van der Waals surface area contributed by atoms with E-state index >= 15 is 0 Å². The third-order valence-corrected chi connectivity index (χ3v) is 1.46. The molecule has 0 aromatic heterocycles. The molecule has 0 bridgehead atoms. The molecule has 1 aliphatic heterocycles. The van der Waals surface area contributed by atoms with Crippen molar-refractivity contribution < 1.29 is 0 Å². The van der Waals surface area contributed by atoms with E-state index < -0.39 is 4.45 Å². The van der Waals surface area contributed by atoms with Gasteiger partial charge in [-0.05, 0) is 12.2 Å². The number of rotatable bonds is 0. The second-order valence-corrected chi connectivity index (χ2v) is 3.33. The summed E-state index contributed by atoms with van der Waals surface area (Å²) in [6, 6.07) is 0. The van der Waals surface area contributed by atoms with Crippen LogP contribution in [0.25, 0.3) is 0 Å². The van der Waals surface area contributed by atoms with Gasteiger partial charge in [-0.3, -0.25) is 4.99 Å². The molecule has 3 nitrogen and oxygen atoms in total. The van der Waals surface area contributed by atoms with E-state index in [2.05, 4.69) is 20.9 Å². The highest BCUT2D eigenvalue weighted by Gasteiger charge is 2.16. The van der Waals surface area contributed by atoms with Crippen LogP contribution in [0.4, 0.5) is 0 Å². The summed E-state index contributed by atoms with van der Waals surface area (Å²) in [6.45, 7) is 0. The van der Waals surface area contributed by atoms with Crippen LogP contribution in [-0.4, -0.2) is 16.8 Å². The van der Waals surface area contributed by atoms with Gasteiger partial charge in [0.2, 0.25) is 0 Å². The number of aliphatic imine (C=N–C) groups is 1. The first-order chi connectivity index (χ1) is 4.10. The highest BCUT2D eigenvalue weighted by atomic mass is 79.9. The normalized spacial score (nSPS) is 41.4. The summed E-state index contributed by atoms with van der Waals surface area (Å²) < 4.78 is -0.580. The smallest absolute Gasteiger partial charge is 0.126 e. The molecule has 0 amide bonds. The molecular weight excluding hydrogens is 182 g/mol. The van der Waals surface area contributed by atoms with E-state index in [1.807, 2.05) is 0 Å². The second-order valence-electron chi connectivity index (χ2n) is 1.96. The third-order valence-electron chi connectivity index (χ3n) is 0.993. The maximum atomic E-state index is 5.56. The number of alkyl halides is 1. The molecular formula is C5H8BrN3. The fraction of sp³-hybridized carbons (Fsp3) is 0.400. The Morgan fingerprint density at radius 3 is 2.67 bits per heavy atom. The minimum Gasteiger partial charge on any atom is -0.309 e. The van der Waals surface area contributed by atoms with Gasteiger partial charge in [0, 0.05) is 6.21 Å². The van der Waals surface area contributed by atoms with Gasteiger partial charge in [-0.1, -0.05) is 15.9 Å². The van der Waals surface area contributed by atoms with Gasteiger partial charge in [0.1, 0.15) is 10.6 Å². The summed E-state index contributed by atoms with van der Waals surface area (Å²) in [5, 5.41) is 0. The molecule has 2 atom stereocenters. The van der Waals surface area contributed by atoms with Gasteiger partial charge in [0.05, 0.1) is 0 Å². The average Bonchev–Trinajstić information content (AvgIpc) is 1.78. The predicted octanol–water partition coefficient (Wildman–Crippen LogP) is -0.0383. The largest absolute Gasteiger partial charge is 0.309 e. The van der Waals surface area contributed by atoms with Gasteiger partial charge >= 0.3 is 0 Å². The maximum absolute atomic E-state index is 5.56. The van der Waals surface area contributed by atoms with E-state index in [4.69, 9.17) is 11.5 Å². The van der Waals surface area contributed by atoms with Crippen molar-refractivity contribution in [2.24, 2.45) is 16.5 Å². The molecule has 9 heavy (non-hydrogen) atoms. The Hall–Kier alpha value is -0.190. The molecule has 0 saturated heterocycles. The highest BCUT2D eigenvalue weighted by molar-refractivity contribution is 9.10. The lowest BCUT2D eigenvalue weighted by molar-refractivity contribution is 0.835. The molecule has 1 rings (SSSR count). The van der Waals surface area contributed by atoms with Gasteiger partial charge in [-0.15, -0.1) is 0 Å². The fourth-order valence-electron chi connectivity index (χ4n) is 0.539. The Balaban J connectivity index is 2.70. The Bertz CT molecular complexity index is 146. The van der Waals surface area contributed by atoms with Gasteiger partial charge in [-0.2, -0.15) is 0 Å². The van der Waals surface area contributed by atoms with E-state index in [-0.39, 0.29) is 6.17 Å². The van der Waals surface area contributed by atoms with E-state index in [9.17, 15) is 0 Å². The monoisotopic (exact) mass is 189 g/mol. The number of dihydropyridines is 1. The summed E-state index contributed by atoms with van der Waals surface area (Å²) in [7, 11) is 0. The maximum Gasteiger partial charge on any atom is 0.126 e. The minimum atomic E-state index is -0.580. The van der Waals surface area contributed by atoms with Crippen molar-refractivity contribution in [2.75, 3.05) is 0 Å². The van der Waals surface area contributed by atoms with E-state index in [1.165, 1.54) is 0 Å². The second kappa shape index (κ2) is 2.21. The number of nitrogens with zero attached hydrogens (tertiary/aromatic N) is 1. The first kappa shape index (κ1) is 6.92. The van der Waals surface area contributed by atoms with Crippen molar-refractivity contribution in [3.05, 3.63) is 12.2 Å². The van der Waals surface area contributed by atoms with Crippen molar-refractivity contribution >= 4 is 22.1 Å². The SMILES string of the molecule is NC1C=CC(N)(Br)C=N1. The van der Waals surface area contributed by atoms with Gasteiger partial charge in [0.15, 0.2) is 0 Å². The number of hydrogen-bond donors (Lipinski definition) is 2. The van der Waals surface area contributed by atoms with Gasteiger partial charge < -0.3 is 11.5 Å². The third kappa shape index (κ3) is 1.89. The highest BCUT2D eigenvalue weighted by Crippen LogP contribution is 2.13. The quantitative estimate of drug-likeness (QED) is 0.320. The summed E-state index contributed by atoms with van der Waals surface area (Å²) >= 11 is 3.21. The Labute approximate surface area is 61.9 Å². The first-order valence-electron chi connectivity index (χ1n) is 2.57. The van der Waals surface area contributed by atoms with Crippen molar-refractivity contribution in [1.82, 2.24) is 0 Å². The van der Waals surface area contributed by atoms with Crippen molar-refractivity contribution in [1.29, 1.82) is 0 Å². The Morgan fingerprint density at radius 1 is 1.67 bits per heavy atom. The lowest BCUT2D eigenvalue weighted by Crippen LogP contribution is -2.36. The lowest BCUT2D eigenvalue weighted by atomic mass is 10.2. The molecule has 0 spiro atoms. The predicted molar refractivity (Wildman–Crippen MR) is 41.5 cm³/mol. The molecule has 0 radical (unpaired) electrons. The van der Waals surface area contributed by atoms with Crippen molar-refractivity contribution in [3.63, 3.8) is 0 Å². The minimum absolute atomic E-state index is 0.223. The molecule has 0 aliphatic carbocycles. The van der Waals surface area contributed by atoms with Crippen LogP contribution < -0.4 is 11.5 Å². The first-order valence-corrected chi connectivity index (χ1v) is 3.36. The van der Waals surface area contributed by atoms with Crippen LogP contribution in [0.2, 0.25) is 0 Å². The summed E-state index contributed by atoms with van der Waals surface area (Å²) in [4.78, 5) is 3.88. The number of halogens is 1. The van der Waals surface area contributed by atoms with Crippen LogP contribution >= 0.6 is 15.9 Å². The van der Waals surface area contributed by atoms with Crippen LogP contribution in [-0.2, 0) is 0 Å². The molecule has 1 aliphatic rings. The van der Waals surface area contributed by atoms with Crippen LogP contribution in [0.3, 0.4) is 0 Å². The Morgan fingerprint density at radius 2 is 2.33 bits per heavy atom. The van der Waals surface area contributed by atoms with Crippen molar-refractivity contribution in [2.45, 2.75) is 10.6 Å². The molecule has 0 saturated carbocycles. The molecule has 4 heteroatoms. The van der Waals surface area contributed by atoms with Crippen molar-refractivity contribution in [3.8, 4) is 0 Å². The van der Waals surface area contributed by atoms with Gasteiger partial charge in [0.25, 0.3) is 0 Å². The molecule has 4 N–H and O–H groups in total. The van der Waals surface area contributed by atoms with Crippen LogP contribution in [0.15, 0.2) is 17.1 Å². The van der Waals surface area contributed by atoms with E-state index in [1.54, 1.807) is 18.4 Å². The van der Waals surface area contributed by atoms with E-state index in [0.717, 1.165) is 0 Å². The lowest BCUT2D eigenvalue weighted by Gasteiger charge is -2.16. The molecule has 2 unspecified atom stereocenters. The molecule has 0 fully saturated rings.